The van der Waals surface area contributed by atoms with E-state index in [0.717, 1.165) is 71.4 Å². The Balaban J connectivity index is 1.18. The Morgan fingerprint density at radius 2 is 0.750 bits per heavy atom. The Bertz CT molecular complexity index is 4570. The van der Waals surface area contributed by atoms with Crippen molar-refractivity contribution in [3.8, 4) is 97.4 Å². The second-order valence-corrected chi connectivity index (χ2v) is 18.7. The first-order valence-corrected chi connectivity index (χ1v) is 24.6. The van der Waals surface area contributed by atoms with Gasteiger partial charge >= 0.3 is 0 Å². The molecule has 12 aromatic rings. The van der Waals surface area contributed by atoms with Crippen LogP contribution in [0.3, 0.4) is 0 Å². The molecule has 12 nitrogen and oxygen atoms in total. The fourth-order valence-corrected chi connectivity index (χ4v) is 10.8. The smallest absolute Gasteiger partial charge is 0.196 e. The van der Waals surface area contributed by atoms with Crippen molar-refractivity contribution in [3.63, 3.8) is 0 Å². The summed E-state index contributed by atoms with van der Waals surface area (Å²) in [5.41, 5.74) is 14.0. The van der Waals surface area contributed by atoms with Crippen LogP contribution in [-0.2, 0) is 0 Å². The summed E-state index contributed by atoms with van der Waals surface area (Å²) in [5, 5.41) is 55.0. The molecule has 362 valence electrons. The molecule has 0 amide bonds. The topological polar surface area (TPSA) is 159 Å². The van der Waals surface area contributed by atoms with E-state index >= 15 is 0 Å². The molecule has 0 aliphatic heterocycles. The Morgan fingerprint density at radius 3 is 1.20 bits per heavy atom. The number of hydrogen-bond donors (Lipinski definition) is 0. The SMILES string of the molecule is [C-]#[N+]c1ccc(-c2ccc3c(c2)c2cc(-c4ccc([N+]#[C-])cc4[N+]#[C-])ccc2n3-c2cc(-c3ccncc3)cc(-n3c4ccc(-c5ccc(C#N)cc5C#N)cc4c4cc(-c5ccc(C#N)cc5[N+]#[C-])ccc43)c2C#N)c(C#N)c1. The molecular formula is C68H30N12. The number of benzene rings is 9. The van der Waals surface area contributed by atoms with Gasteiger partial charge in [-0.15, -0.1) is 0 Å². The van der Waals surface area contributed by atoms with Crippen LogP contribution < -0.4 is 0 Å². The zero-order chi connectivity index (χ0) is 55.2. The molecule has 9 aromatic carbocycles. The van der Waals surface area contributed by atoms with Crippen LogP contribution in [-0.4, -0.2) is 14.1 Å². The molecular weight excluding hydrogens is 985 g/mol. The average Bonchev–Trinajstić information content (AvgIpc) is 4.20. The second-order valence-electron chi connectivity index (χ2n) is 18.7. The summed E-state index contributed by atoms with van der Waals surface area (Å²) < 4.78 is 4.12. The number of nitriles is 5. The van der Waals surface area contributed by atoms with E-state index < -0.39 is 0 Å². The monoisotopic (exact) mass is 1010 g/mol. The van der Waals surface area contributed by atoms with Crippen LogP contribution in [0.5, 0.6) is 0 Å². The summed E-state index contributed by atoms with van der Waals surface area (Å²) in [4.78, 5) is 19.1. The first-order chi connectivity index (χ1) is 39.2. The van der Waals surface area contributed by atoms with E-state index in [4.69, 9.17) is 26.3 Å². The maximum Gasteiger partial charge on any atom is 0.196 e. The van der Waals surface area contributed by atoms with Gasteiger partial charge in [-0.1, -0.05) is 66.7 Å². The highest BCUT2D eigenvalue weighted by Gasteiger charge is 2.25. The van der Waals surface area contributed by atoms with Crippen molar-refractivity contribution < 1.29 is 0 Å². The van der Waals surface area contributed by atoms with Crippen LogP contribution in [0.15, 0.2) is 182 Å². The highest BCUT2D eigenvalue weighted by Crippen LogP contribution is 2.45. The lowest BCUT2D eigenvalue weighted by Gasteiger charge is -2.19. The third kappa shape index (κ3) is 7.82. The van der Waals surface area contributed by atoms with Crippen molar-refractivity contribution in [2.75, 3.05) is 0 Å². The predicted molar refractivity (Wildman–Crippen MR) is 309 cm³/mol. The molecule has 0 aliphatic carbocycles. The zero-order valence-electron chi connectivity index (χ0n) is 41.7. The lowest BCUT2D eigenvalue weighted by Crippen LogP contribution is -2.05. The quantitative estimate of drug-likeness (QED) is 0.145. The highest BCUT2D eigenvalue weighted by molar-refractivity contribution is 6.14. The normalized spacial score (nSPS) is 10.6. The van der Waals surface area contributed by atoms with Crippen LogP contribution in [0.2, 0.25) is 0 Å². The Labute approximate surface area is 457 Å². The molecule has 12 heteroatoms. The van der Waals surface area contributed by atoms with Gasteiger partial charge in [0.1, 0.15) is 11.6 Å². The highest BCUT2D eigenvalue weighted by atomic mass is 15.0. The Morgan fingerprint density at radius 1 is 0.338 bits per heavy atom. The van der Waals surface area contributed by atoms with E-state index in [2.05, 4.69) is 63.8 Å². The van der Waals surface area contributed by atoms with E-state index in [1.807, 2.05) is 97.1 Å². The third-order valence-electron chi connectivity index (χ3n) is 14.5. The molecule has 3 heterocycles. The number of aromatic nitrogens is 3. The summed E-state index contributed by atoms with van der Waals surface area (Å²) in [5.74, 6) is 0. The minimum Gasteiger partial charge on any atom is -0.308 e. The average molecular weight is 1020 g/mol. The minimum atomic E-state index is 0.310. The molecule has 0 fully saturated rings. The van der Waals surface area contributed by atoms with Gasteiger partial charge in [-0.25, -0.2) is 19.4 Å². The first kappa shape index (κ1) is 48.1. The van der Waals surface area contributed by atoms with Crippen molar-refractivity contribution in [3.05, 3.63) is 256 Å². The molecule has 0 atom stereocenters. The van der Waals surface area contributed by atoms with Crippen LogP contribution in [0.1, 0.15) is 27.8 Å². The summed E-state index contributed by atoms with van der Waals surface area (Å²) in [6.07, 6.45) is 3.42. The van der Waals surface area contributed by atoms with Crippen molar-refractivity contribution in [2.45, 2.75) is 0 Å². The maximum absolute atomic E-state index is 11.8. The fourth-order valence-electron chi connectivity index (χ4n) is 10.8. The first-order valence-electron chi connectivity index (χ1n) is 24.6. The summed E-state index contributed by atoms with van der Waals surface area (Å²) in [6.45, 7) is 31.4. The molecule has 3 aromatic heterocycles. The van der Waals surface area contributed by atoms with Gasteiger partial charge in [0, 0.05) is 45.1 Å². The molecule has 80 heavy (non-hydrogen) atoms. The van der Waals surface area contributed by atoms with Gasteiger partial charge in [-0.2, -0.15) is 26.3 Å². The summed E-state index contributed by atoms with van der Waals surface area (Å²) >= 11 is 0. The van der Waals surface area contributed by atoms with Crippen molar-refractivity contribution >= 4 is 66.4 Å². The second kappa shape index (κ2) is 19.4. The van der Waals surface area contributed by atoms with Crippen molar-refractivity contribution in [1.29, 1.82) is 26.3 Å². The van der Waals surface area contributed by atoms with Crippen LogP contribution >= 0.6 is 0 Å². The zero-order valence-corrected chi connectivity index (χ0v) is 41.7. The standard InChI is InChI=1S/C68H30N12/c1-74-50-11-15-53(49(27-50)38-72)44-8-18-64-57(29-44)59-31-46(55-16-12-51(75-2)34-62(55)77-4)10-20-66(59)80(64)68-33-47(42-21-23-78-24-22-42)32-67(60(68)39-73)79-63-17-7-43(52-13-5-40(35-69)25-48(52)37-71)28-56(63)58-30-45(9-19-65(58)79)54-14-6-41(36-70)26-61(54)76-3/h5-34H. The van der Waals surface area contributed by atoms with E-state index in [1.165, 1.54) is 0 Å². The third-order valence-corrected chi connectivity index (χ3v) is 14.5. The van der Waals surface area contributed by atoms with E-state index in [0.29, 0.717) is 89.8 Å². The van der Waals surface area contributed by atoms with E-state index in [1.54, 1.807) is 85.2 Å². The van der Waals surface area contributed by atoms with Gasteiger partial charge in [0.25, 0.3) is 0 Å². The molecule has 12 rings (SSSR count). The van der Waals surface area contributed by atoms with Crippen LogP contribution in [0.25, 0.3) is 130 Å². The Kier molecular flexibility index (Phi) is 11.7. The van der Waals surface area contributed by atoms with Gasteiger partial charge in [-0.05, 0) is 159 Å². The van der Waals surface area contributed by atoms with Crippen LogP contribution in [0.4, 0.5) is 22.7 Å². The summed E-state index contributed by atoms with van der Waals surface area (Å²) in [7, 11) is 0. The van der Waals surface area contributed by atoms with Gasteiger partial charge < -0.3 is 9.13 Å². The molecule has 0 unspecified atom stereocenters. The molecule has 0 spiro atoms. The Hall–Kier alpha value is -12.9. The van der Waals surface area contributed by atoms with Gasteiger partial charge in [0.05, 0.1) is 95.1 Å². The lowest BCUT2D eigenvalue weighted by atomic mass is 9.96. The minimum absolute atomic E-state index is 0.310. The van der Waals surface area contributed by atoms with E-state index in [9.17, 15) is 26.3 Å². The number of rotatable bonds is 7. The molecule has 0 saturated carbocycles. The van der Waals surface area contributed by atoms with Gasteiger partial charge in [0.2, 0.25) is 0 Å². The largest absolute Gasteiger partial charge is 0.308 e. The number of pyridine rings is 1. The lowest BCUT2D eigenvalue weighted by molar-refractivity contribution is 1.12. The summed E-state index contributed by atoms with van der Waals surface area (Å²) in [6, 6.07) is 62.9. The number of nitrogens with zero attached hydrogens (tertiary/aromatic N) is 12. The fraction of sp³-hybridized carbons (Fsp3) is 0. The molecule has 0 bridgehead atoms. The maximum atomic E-state index is 11.8. The molecule has 0 N–H and O–H groups in total. The van der Waals surface area contributed by atoms with Crippen molar-refractivity contribution in [1.82, 2.24) is 14.1 Å². The van der Waals surface area contributed by atoms with Crippen LogP contribution in [0, 0.1) is 82.9 Å². The van der Waals surface area contributed by atoms with E-state index in [-0.39, 0.29) is 0 Å². The molecule has 0 radical (unpaired) electrons. The number of hydrogen-bond acceptors (Lipinski definition) is 6. The van der Waals surface area contributed by atoms with Gasteiger partial charge in [-0.3, -0.25) is 4.98 Å². The van der Waals surface area contributed by atoms with Crippen molar-refractivity contribution in [2.24, 2.45) is 0 Å². The molecule has 0 saturated heterocycles. The molecule has 0 aliphatic rings. The number of fused-ring (bicyclic) bond motifs is 6. The van der Waals surface area contributed by atoms with Gasteiger partial charge in [0.15, 0.2) is 22.7 Å². The predicted octanol–water partition coefficient (Wildman–Crippen LogP) is 17.2.